The van der Waals surface area contributed by atoms with Gasteiger partial charge in [-0.3, -0.25) is 4.98 Å². The minimum absolute atomic E-state index is 0.143. The van der Waals surface area contributed by atoms with Crippen LogP contribution in [-0.2, 0) is 6.42 Å². The smallest absolute Gasteiger partial charge is 0.168 e. The largest absolute Gasteiger partial charge is 0.487 e. The summed E-state index contributed by atoms with van der Waals surface area (Å²) < 4.78 is 5.71. The van der Waals surface area contributed by atoms with Gasteiger partial charge in [0.05, 0.1) is 6.10 Å². The van der Waals surface area contributed by atoms with E-state index in [1.165, 1.54) is 5.56 Å². The molecule has 19 heavy (non-hydrogen) atoms. The third kappa shape index (κ3) is 4.25. The minimum atomic E-state index is 0.143. The maximum Gasteiger partial charge on any atom is 0.168 e. The first-order chi connectivity index (χ1) is 9.25. The fraction of sp³-hybridized carbons (Fsp3) is 0.333. The Hall–Kier alpha value is -2.10. The number of ether oxygens (including phenoxy) is 1. The van der Waals surface area contributed by atoms with Crippen LogP contribution in [0.5, 0.6) is 5.75 Å². The van der Waals surface area contributed by atoms with E-state index in [-0.39, 0.29) is 6.10 Å². The minimum Gasteiger partial charge on any atom is -0.487 e. The molecule has 0 unspecified atom stereocenters. The van der Waals surface area contributed by atoms with Crippen molar-refractivity contribution in [3.8, 4) is 5.75 Å². The third-order valence-electron chi connectivity index (χ3n) is 2.59. The van der Waals surface area contributed by atoms with Crippen LogP contribution in [0.4, 0.5) is 5.82 Å². The molecule has 0 atom stereocenters. The lowest BCUT2D eigenvalue weighted by molar-refractivity contribution is 0.243. The van der Waals surface area contributed by atoms with E-state index in [9.17, 15) is 0 Å². The van der Waals surface area contributed by atoms with E-state index in [1.807, 2.05) is 50.5 Å². The van der Waals surface area contributed by atoms with E-state index in [4.69, 9.17) is 4.74 Å². The number of aromatic nitrogens is 2. The molecule has 0 aliphatic rings. The predicted molar refractivity (Wildman–Crippen MR) is 76.4 cm³/mol. The Balaban J connectivity index is 1.92. The Morgan fingerprint density at radius 1 is 1.16 bits per heavy atom. The number of hydrogen-bond acceptors (Lipinski definition) is 4. The molecule has 0 aliphatic carbocycles. The van der Waals surface area contributed by atoms with Gasteiger partial charge in [0.25, 0.3) is 0 Å². The highest BCUT2D eigenvalue weighted by Crippen LogP contribution is 2.21. The zero-order valence-electron chi connectivity index (χ0n) is 11.3. The molecule has 2 aromatic heterocycles. The number of nitrogens with one attached hydrogen (secondary N) is 1. The van der Waals surface area contributed by atoms with Crippen molar-refractivity contribution in [1.82, 2.24) is 9.97 Å². The first-order valence-electron chi connectivity index (χ1n) is 6.50. The quantitative estimate of drug-likeness (QED) is 0.864. The molecule has 0 bridgehead atoms. The molecule has 1 N–H and O–H groups in total. The van der Waals surface area contributed by atoms with Crippen molar-refractivity contribution in [3.05, 3.63) is 48.4 Å². The van der Waals surface area contributed by atoms with Gasteiger partial charge in [0.2, 0.25) is 0 Å². The highest BCUT2D eigenvalue weighted by Gasteiger charge is 2.05. The maximum atomic E-state index is 5.71. The molecule has 0 aliphatic heterocycles. The van der Waals surface area contributed by atoms with Gasteiger partial charge in [0, 0.05) is 25.1 Å². The molecule has 0 spiro atoms. The molecular weight excluding hydrogens is 238 g/mol. The zero-order chi connectivity index (χ0) is 13.5. The fourth-order valence-corrected chi connectivity index (χ4v) is 1.75. The zero-order valence-corrected chi connectivity index (χ0v) is 11.3. The van der Waals surface area contributed by atoms with Crippen molar-refractivity contribution in [1.29, 1.82) is 0 Å². The van der Waals surface area contributed by atoms with Crippen LogP contribution in [0, 0.1) is 0 Å². The summed E-state index contributed by atoms with van der Waals surface area (Å²) in [6, 6.07) is 7.85. The molecule has 0 saturated heterocycles. The fourth-order valence-electron chi connectivity index (χ4n) is 1.75. The third-order valence-corrected chi connectivity index (χ3v) is 2.59. The van der Waals surface area contributed by atoms with Crippen LogP contribution < -0.4 is 10.1 Å². The van der Waals surface area contributed by atoms with Gasteiger partial charge in [-0.2, -0.15) is 0 Å². The average molecular weight is 257 g/mol. The number of rotatable bonds is 6. The molecule has 4 nitrogen and oxygen atoms in total. The molecule has 4 heteroatoms. The van der Waals surface area contributed by atoms with Gasteiger partial charge in [-0.05, 0) is 50.1 Å². The van der Waals surface area contributed by atoms with Crippen LogP contribution >= 0.6 is 0 Å². The van der Waals surface area contributed by atoms with E-state index in [0.717, 1.165) is 24.5 Å². The van der Waals surface area contributed by atoms with Crippen LogP contribution in [0.15, 0.2) is 42.9 Å². The molecule has 0 saturated carbocycles. The summed E-state index contributed by atoms with van der Waals surface area (Å²) in [5.74, 6) is 1.59. The Labute approximate surface area is 113 Å². The van der Waals surface area contributed by atoms with Gasteiger partial charge in [0.15, 0.2) is 11.6 Å². The van der Waals surface area contributed by atoms with Crippen LogP contribution in [0.2, 0.25) is 0 Å². The van der Waals surface area contributed by atoms with Gasteiger partial charge >= 0.3 is 0 Å². The molecule has 0 amide bonds. The van der Waals surface area contributed by atoms with E-state index in [1.54, 1.807) is 6.20 Å². The second kappa shape index (κ2) is 6.73. The molecule has 100 valence electrons. The van der Waals surface area contributed by atoms with Crippen LogP contribution in [0.3, 0.4) is 0 Å². The number of pyridine rings is 2. The summed E-state index contributed by atoms with van der Waals surface area (Å²) in [6.45, 7) is 4.83. The molecule has 2 rings (SSSR count). The summed E-state index contributed by atoms with van der Waals surface area (Å²) in [4.78, 5) is 8.32. The summed E-state index contributed by atoms with van der Waals surface area (Å²) >= 11 is 0. The second-order valence-corrected chi connectivity index (χ2v) is 4.55. The summed E-state index contributed by atoms with van der Waals surface area (Å²) in [7, 11) is 0. The SMILES string of the molecule is CC(C)Oc1cccnc1NCCc1ccncc1. The molecule has 2 heterocycles. The first-order valence-corrected chi connectivity index (χ1v) is 6.50. The van der Waals surface area contributed by atoms with Crippen molar-refractivity contribution >= 4 is 5.82 Å². The van der Waals surface area contributed by atoms with Gasteiger partial charge in [-0.1, -0.05) is 0 Å². The number of hydrogen-bond donors (Lipinski definition) is 1. The Kier molecular flexibility index (Phi) is 4.72. The Bertz CT molecular complexity index is 500. The topological polar surface area (TPSA) is 47.0 Å². The van der Waals surface area contributed by atoms with E-state index >= 15 is 0 Å². The lowest BCUT2D eigenvalue weighted by atomic mass is 10.2. The van der Waals surface area contributed by atoms with E-state index < -0.39 is 0 Å². The highest BCUT2D eigenvalue weighted by atomic mass is 16.5. The lowest BCUT2D eigenvalue weighted by Crippen LogP contribution is -2.11. The van der Waals surface area contributed by atoms with Gasteiger partial charge < -0.3 is 10.1 Å². The predicted octanol–water partition coefficient (Wildman–Crippen LogP) is 2.92. The van der Waals surface area contributed by atoms with Crippen LogP contribution in [0.1, 0.15) is 19.4 Å². The van der Waals surface area contributed by atoms with Crippen molar-refractivity contribution < 1.29 is 4.74 Å². The first kappa shape index (κ1) is 13.3. The van der Waals surface area contributed by atoms with Crippen LogP contribution in [-0.4, -0.2) is 22.6 Å². The van der Waals surface area contributed by atoms with Crippen molar-refractivity contribution in [2.45, 2.75) is 26.4 Å². The average Bonchev–Trinajstić information content (AvgIpc) is 2.41. The van der Waals surface area contributed by atoms with Gasteiger partial charge in [0.1, 0.15) is 0 Å². The summed E-state index contributed by atoms with van der Waals surface area (Å²) in [5, 5.41) is 3.31. The second-order valence-electron chi connectivity index (χ2n) is 4.55. The van der Waals surface area contributed by atoms with Gasteiger partial charge in [-0.25, -0.2) is 4.98 Å². The van der Waals surface area contributed by atoms with Gasteiger partial charge in [-0.15, -0.1) is 0 Å². The van der Waals surface area contributed by atoms with E-state index in [2.05, 4.69) is 15.3 Å². The monoisotopic (exact) mass is 257 g/mol. The maximum absolute atomic E-state index is 5.71. The highest BCUT2D eigenvalue weighted by molar-refractivity contribution is 5.49. The van der Waals surface area contributed by atoms with Crippen molar-refractivity contribution in [2.24, 2.45) is 0 Å². The molecular formula is C15H19N3O. The summed E-state index contributed by atoms with van der Waals surface area (Å²) in [6.07, 6.45) is 6.46. The molecule has 0 aromatic carbocycles. The summed E-state index contributed by atoms with van der Waals surface area (Å²) in [5.41, 5.74) is 1.25. The number of anilines is 1. The molecule has 0 radical (unpaired) electrons. The van der Waals surface area contributed by atoms with E-state index in [0.29, 0.717) is 0 Å². The van der Waals surface area contributed by atoms with Crippen molar-refractivity contribution in [3.63, 3.8) is 0 Å². The van der Waals surface area contributed by atoms with Crippen molar-refractivity contribution in [2.75, 3.05) is 11.9 Å². The molecule has 2 aromatic rings. The Morgan fingerprint density at radius 2 is 1.95 bits per heavy atom. The normalized spacial score (nSPS) is 10.5. The lowest BCUT2D eigenvalue weighted by Gasteiger charge is -2.14. The molecule has 0 fully saturated rings. The number of nitrogens with zero attached hydrogens (tertiary/aromatic N) is 2. The van der Waals surface area contributed by atoms with Crippen LogP contribution in [0.25, 0.3) is 0 Å². The standard InChI is InChI=1S/C15H19N3O/c1-12(2)19-14-4-3-8-17-15(14)18-11-7-13-5-9-16-10-6-13/h3-6,8-10,12H,7,11H2,1-2H3,(H,17,18). The Morgan fingerprint density at radius 3 is 2.68 bits per heavy atom.